The molecule has 0 heterocycles. The van der Waals surface area contributed by atoms with Crippen LogP contribution in [0.2, 0.25) is 0 Å². The van der Waals surface area contributed by atoms with Crippen molar-refractivity contribution in [2.24, 2.45) is 16.8 Å². The van der Waals surface area contributed by atoms with Crippen LogP contribution in [-0.4, -0.2) is 43.4 Å². The van der Waals surface area contributed by atoms with Gasteiger partial charge in [0.25, 0.3) is 5.91 Å². The van der Waals surface area contributed by atoms with Crippen molar-refractivity contribution in [3.8, 4) is 0 Å². The third kappa shape index (κ3) is 9.13. The Bertz CT molecular complexity index is 722. The minimum Gasteiger partial charge on any atom is -0.368 e. The van der Waals surface area contributed by atoms with E-state index in [0.717, 1.165) is 5.56 Å². The number of benzene rings is 1. The van der Waals surface area contributed by atoms with Crippen LogP contribution in [0.3, 0.4) is 0 Å². The summed E-state index contributed by atoms with van der Waals surface area (Å²) in [5, 5.41) is 11.8. The molecule has 0 aromatic heterocycles. The van der Waals surface area contributed by atoms with Gasteiger partial charge in [-0.05, 0) is 56.3 Å². The minimum absolute atomic E-state index is 0.202. The molecule has 1 aromatic carbocycles. The predicted molar refractivity (Wildman–Crippen MR) is 115 cm³/mol. The highest BCUT2D eigenvalue weighted by atomic mass is 16.2. The molecule has 0 fully saturated rings. The molecule has 2 atom stereocenters. The van der Waals surface area contributed by atoms with Gasteiger partial charge >= 0.3 is 0 Å². The van der Waals surface area contributed by atoms with Crippen molar-refractivity contribution < 1.29 is 14.4 Å². The molecule has 6 N–H and O–H groups in total. The number of hydrogen-bond donors (Lipinski definition) is 5. The summed E-state index contributed by atoms with van der Waals surface area (Å²) < 4.78 is 0. The molecule has 9 heteroatoms. The zero-order valence-corrected chi connectivity index (χ0v) is 18.0. The number of nitrogens with two attached hydrogens (primary N) is 1. The molecule has 3 amide bonds. The van der Waals surface area contributed by atoms with Crippen molar-refractivity contribution in [1.29, 1.82) is 5.53 Å². The van der Waals surface area contributed by atoms with Gasteiger partial charge in [0.2, 0.25) is 11.8 Å². The molecule has 9 nitrogen and oxygen atoms in total. The molecule has 0 radical (unpaired) electrons. The van der Waals surface area contributed by atoms with E-state index in [1.165, 1.54) is 0 Å². The molecule has 0 saturated carbocycles. The maximum absolute atomic E-state index is 12.4. The number of rotatable bonds is 14. The summed E-state index contributed by atoms with van der Waals surface area (Å²) in [5.41, 5.74) is 13.7. The van der Waals surface area contributed by atoms with Crippen molar-refractivity contribution in [3.05, 3.63) is 35.4 Å². The van der Waals surface area contributed by atoms with Gasteiger partial charge in [-0.2, -0.15) is 5.11 Å². The van der Waals surface area contributed by atoms with Crippen LogP contribution in [0.1, 0.15) is 55.5 Å². The lowest BCUT2D eigenvalue weighted by Crippen LogP contribution is -2.51. The van der Waals surface area contributed by atoms with Crippen molar-refractivity contribution in [1.82, 2.24) is 16.0 Å². The fourth-order valence-electron chi connectivity index (χ4n) is 3.06. The molecule has 0 bridgehead atoms. The summed E-state index contributed by atoms with van der Waals surface area (Å²) in [7, 11) is 1.71. The van der Waals surface area contributed by atoms with Gasteiger partial charge in [-0.3, -0.25) is 14.4 Å². The Morgan fingerprint density at radius 2 is 1.90 bits per heavy atom. The molecule has 0 aliphatic heterocycles. The zero-order chi connectivity index (χ0) is 22.5. The maximum atomic E-state index is 12.4. The van der Waals surface area contributed by atoms with E-state index in [0.29, 0.717) is 43.7 Å². The van der Waals surface area contributed by atoms with Crippen LogP contribution in [0.4, 0.5) is 0 Å². The van der Waals surface area contributed by atoms with Gasteiger partial charge in [0, 0.05) is 12.1 Å². The van der Waals surface area contributed by atoms with Gasteiger partial charge in [0.1, 0.15) is 6.04 Å². The van der Waals surface area contributed by atoms with Crippen molar-refractivity contribution in [2.75, 3.05) is 13.6 Å². The summed E-state index contributed by atoms with van der Waals surface area (Å²) in [5.74, 6) is -0.663. The van der Waals surface area contributed by atoms with E-state index in [9.17, 15) is 14.4 Å². The predicted octanol–water partition coefficient (Wildman–Crippen LogP) is 1.72. The van der Waals surface area contributed by atoms with E-state index in [1.807, 2.05) is 19.9 Å². The van der Waals surface area contributed by atoms with E-state index in [-0.39, 0.29) is 24.4 Å². The minimum atomic E-state index is -0.735. The van der Waals surface area contributed by atoms with E-state index in [4.69, 9.17) is 11.3 Å². The number of hydrogen-bond acceptors (Lipinski definition) is 6. The number of nitrogens with one attached hydrogen (secondary N) is 4. The quantitative estimate of drug-likeness (QED) is 0.231. The number of carbonyl (C=O) groups is 3. The number of carbonyl (C=O) groups excluding carboxylic acids is 3. The Hall–Kier alpha value is -2.81. The molecular formula is C21H34N6O3. The Morgan fingerprint density at radius 3 is 2.50 bits per heavy atom. The van der Waals surface area contributed by atoms with Crippen LogP contribution in [0, 0.1) is 11.4 Å². The number of unbranched alkanes of at least 4 members (excludes halogenated alkanes) is 1. The second-order valence-electron chi connectivity index (χ2n) is 7.70. The van der Waals surface area contributed by atoms with Crippen LogP contribution in [0.15, 0.2) is 29.4 Å². The molecule has 0 saturated heterocycles. The summed E-state index contributed by atoms with van der Waals surface area (Å²) in [6, 6.07) is 5.88. The maximum Gasteiger partial charge on any atom is 0.251 e. The first-order valence-electron chi connectivity index (χ1n) is 10.3. The number of likely N-dealkylation sites (N-methyl/N-ethyl adjacent to an activating group) is 1. The molecule has 0 aliphatic rings. The van der Waals surface area contributed by atoms with Gasteiger partial charge in [-0.1, -0.05) is 26.0 Å². The van der Waals surface area contributed by atoms with E-state index >= 15 is 0 Å². The lowest BCUT2D eigenvalue weighted by molar-refractivity contribution is -0.129. The third-order valence-electron chi connectivity index (χ3n) is 4.69. The first-order valence-corrected chi connectivity index (χ1v) is 10.3. The molecule has 166 valence electrons. The molecule has 30 heavy (non-hydrogen) atoms. The standard InChI is InChI=1S/C21H34N6O3/c1-14(2)11-18(24-3)21(30)27-17(19(22)28)9-4-5-10-25-20(29)16-8-6-7-15(12-16)13-26-23/h6-8,12,14,17-18,23-24H,4-5,9-11,13H2,1-3H3,(H2,22,28)(H,25,29)(H,27,30)/t17-,18-/m0/s1. The van der Waals surface area contributed by atoms with Crippen molar-refractivity contribution in [2.45, 2.75) is 58.2 Å². The number of nitrogens with zero attached hydrogens (tertiary/aromatic N) is 1. The highest BCUT2D eigenvalue weighted by molar-refractivity contribution is 5.94. The van der Waals surface area contributed by atoms with Crippen LogP contribution in [0.25, 0.3) is 0 Å². The first kappa shape index (κ1) is 25.2. The lowest BCUT2D eigenvalue weighted by atomic mass is 10.0. The Kier molecular flexibility index (Phi) is 11.3. The summed E-state index contributed by atoms with van der Waals surface area (Å²) in [4.78, 5) is 36.3. The van der Waals surface area contributed by atoms with E-state index < -0.39 is 11.9 Å². The highest BCUT2D eigenvalue weighted by Crippen LogP contribution is 2.08. The molecule has 1 aromatic rings. The SMILES string of the molecule is CN[C@@H](CC(C)C)C(=O)N[C@@H](CCCCNC(=O)c1cccc(CN=N)c1)C(N)=O. The Balaban J connectivity index is 2.43. The fourth-order valence-corrected chi connectivity index (χ4v) is 3.06. The Labute approximate surface area is 178 Å². The number of primary amides is 1. The summed E-state index contributed by atoms with van der Waals surface area (Å²) in [6.07, 6.45) is 2.35. The van der Waals surface area contributed by atoms with E-state index in [1.54, 1.807) is 25.2 Å². The number of amides is 3. The van der Waals surface area contributed by atoms with Gasteiger partial charge in [-0.25, -0.2) is 5.53 Å². The van der Waals surface area contributed by atoms with Gasteiger partial charge in [-0.15, -0.1) is 0 Å². The second-order valence-corrected chi connectivity index (χ2v) is 7.70. The summed E-state index contributed by atoms with van der Waals surface area (Å²) in [6.45, 7) is 4.74. The average molecular weight is 419 g/mol. The molecule has 0 aliphatic carbocycles. The van der Waals surface area contributed by atoms with E-state index in [2.05, 4.69) is 21.1 Å². The largest absolute Gasteiger partial charge is 0.368 e. The zero-order valence-electron chi connectivity index (χ0n) is 18.0. The second kappa shape index (κ2) is 13.4. The Morgan fingerprint density at radius 1 is 1.17 bits per heavy atom. The van der Waals surface area contributed by atoms with Crippen molar-refractivity contribution in [3.63, 3.8) is 0 Å². The fraction of sp³-hybridized carbons (Fsp3) is 0.571. The topological polar surface area (TPSA) is 150 Å². The van der Waals surface area contributed by atoms with Crippen LogP contribution in [-0.2, 0) is 16.1 Å². The van der Waals surface area contributed by atoms with Crippen LogP contribution < -0.4 is 21.7 Å². The molecule has 0 spiro atoms. The van der Waals surface area contributed by atoms with Crippen LogP contribution >= 0.6 is 0 Å². The van der Waals surface area contributed by atoms with Crippen molar-refractivity contribution >= 4 is 17.7 Å². The van der Waals surface area contributed by atoms with Gasteiger partial charge in [0.15, 0.2) is 0 Å². The average Bonchev–Trinajstić information content (AvgIpc) is 2.70. The molecular weight excluding hydrogens is 384 g/mol. The normalized spacial score (nSPS) is 12.8. The smallest absolute Gasteiger partial charge is 0.251 e. The third-order valence-corrected chi connectivity index (χ3v) is 4.69. The lowest BCUT2D eigenvalue weighted by Gasteiger charge is -2.21. The van der Waals surface area contributed by atoms with Gasteiger partial charge < -0.3 is 21.7 Å². The highest BCUT2D eigenvalue weighted by Gasteiger charge is 2.23. The summed E-state index contributed by atoms with van der Waals surface area (Å²) >= 11 is 0. The van der Waals surface area contributed by atoms with Crippen LogP contribution in [0.5, 0.6) is 0 Å². The molecule has 1 rings (SSSR count). The van der Waals surface area contributed by atoms with Gasteiger partial charge in [0.05, 0.1) is 12.6 Å². The first-order chi connectivity index (χ1) is 14.3. The monoisotopic (exact) mass is 418 g/mol. The molecule has 0 unspecified atom stereocenters.